The van der Waals surface area contributed by atoms with Crippen LogP contribution in [0.2, 0.25) is 0 Å². The Morgan fingerprint density at radius 2 is 2.21 bits per heavy atom. The van der Waals surface area contributed by atoms with Crippen LogP contribution >= 0.6 is 15.9 Å². The summed E-state index contributed by atoms with van der Waals surface area (Å²) in [5.74, 6) is 0.737. The van der Waals surface area contributed by atoms with Crippen LogP contribution in [0.1, 0.15) is 0 Å². The van der Waals surface area contributed by atoms with E-state index in [1.165, 1.54) is 12.5 Å². The van der Waals surface area contributed by atoms with Crippen LogP contribution in [0.15, 0.2) is 46.3 Å². The summed E-state index contributed by atoms with van der Waals surface area (Å²) in [6.07, 6.45) is 2.78. The molecule has 0 amide bonds. The van der Waals surface area contributed by atoms with Crippen molar-refractivity contribution in [3.8, 4) is 5.75 Å². The summed E-state index contributed by atoms with van der Waals surface area (Å²) in [6, 6.07) is 7.47. The lowest BCUT2D eigenvalue weighted by Crippen LogP contribution is -2.12. The Bertz CT molecular complexity index is 669. The Morgan fingerprint density at radius 3 is 2.84 bits per heavy atom. The lowest BCUT2D eigenvalue weighted by molar-refractivity contribution is 0.298. The number of hydrogen-bond acceptors (Lipinski definition) is 4. The van der Waals surface area contributed by atoms with Crippen LogP contribution < -0.4 is 9.88 Å². The molecule has 19 heavy (non-hydrogen) atoms. The van der Waals surface area contributed by atoms with E-state index < -0.39 is 10.0 Å². The van der Waals surface area contributed by atoms with Crippen LogP contribution in [0.3, 0.4) is 0 Å². The normalized spacial score (nSPS) is 11.5. The van der Waals surface area contributed by atoms with Crippen molar-refractivity contribution in [1.29, 1.82) is 0 Å². The minimum Gasteiger partial charge on any atom is -0.492 e. The zero-order valence-electron chi connectivity index (χ0n) is 9.86. The molecule has 0 unspecified atom stereocenters. The monoisotopic (exact) mass is 345 g/mol. The molecule has 2 rings (SSSR count). The van der Waals surface area contributed by atoms with Crippen molar-refractivity contribution in [3.63, 3.8) is 0 Å². The van der Waals surface area contributed by atoms with Gasteiger partial charge in [-0.3, -0.25) is 0 Å². The predicted molar refractivity (Wildman–Crippen MR) is 73.2 cm³/mol. The van der Waals surface area contributed by atoms with E-state index in [1.807, 2.05) is 24.3 Å². The highest BCUT2D eigenvalue weighted by Crippen LogP contribution is 2.17. The zero-order valence-corrected chi connectivity index (χ0v) is 12.3. The summed E-state index contributed by atoms with van der Waals surface area (Å²) in [7, 11) is -3.74. The second-order valence-corrected chi connectivity index (χ2v) is 6.22. The first-order valence-electron chi connectivity index (χ1n) is 5.38. The molecule has 1 aromatic carbocycles. The number of benzene rings is 1. The van der Waals surface area contributed by atoms with E-state index in [0.29, 0.717) is 13.2 Å². The number of rotatable bonds is 5. The maximum Gasteiger partial charge on any atom is 0.257 e. The number of hydrogen-bond donors (Lipinski definition) is 1. The standard InChI is InChI=1S/C11H12BrN3O3S/c12-9-2-1-3-10(6-9)18-5-4-15-7-11(14-8-15)19(13,16)17/h1-3,6-8H,4-5H2,(H2,13,16,17). The lowest BCUT2D eigenvalue weighted by atomic mass is 10.3. The quantitative estimate of drug-likeness (QED) is 0.886. The number of aromatic nitrogens is 2. The molecule has 0 saturated carbocycles. The molecule has 0 atom stereocenters. The Balaban J connectivity index is 1.91. The van der Waals surface area contributed by atoms with Crippen LogP contribution in [-0.2, 0) is 16.6 Å². The second kappa shape index (κ2) is 5.72. The topological polar surface area (TPSA) is 87.2 Å². The molecule has 2 aromatic rings. The van der Waals surface area contributed by atoms with E-state index in [1.54, 1.807) is 4.57 Å². The Labute approximate surface area is 119 Å². The van der Waals surface area contributed by atoms with Gasteiger partial charge in [-0.15, -0.1) is 0 Å². The van der Waals surface area contributed by atoms with Crippen molar-refractivity contribution in [2.45, 2.75) is 11.6 Å². The number of nitrogens with two attached hydrogens (primary N) is 1. The fourth-order valence-electron chi connectivity index (χ4n) is 1.43. The number of sulfonamides is 1. The molecular weight excluding hydrogens is 334 g/mol. The number of ether oxygens (including phenoxy) is 1. The van der Waals surface area contributed by atoms with Gasteiger partial charge in [0, 0.05) is 10.7 Å². The van der Waals surface area contributed by atoms with Gasteiger partial charge in [0.15, 0.2) is 5.03 Å². The lowest BCUT2D eigenvalue weighted by Gasteiger charge is -2.06. The van der Waals surface area contributed by atoms with Gasteiger partial charge in [-0.1, -0.05) is 22.0 Å². The molecule has 0 aliphatic heterocycles. The van der Waals surface area contributed by atoms with Gasteiger partial charge in [0.2, 0.25) is 0 Å². The van der Waals surface area contributed by atoms with Crippen LogP contribution in [0.5, 0.6) is 5.75 Å². The molecule has 0 radical (unpaired) electrons. The third-order valence-electron chi connectivity index (χ3n) is 2.32. The van der Waals surface area contributed by atoms with Crippen molar-refractivity contribution >= 4 is 26.0 Å². The summed E-state index contributed by atoms with van der Waals surface area (Å²) < 4.78 is 30.2. The van der Waals surface area contributed by atoms with E-state index in [-0.39, 0.29) is 5.03 Å². The van der Waals surface area contributed by atoms with Crippen molar-refractivity contribution in [2.24, 2.45) is 5.14 Å². The summed E-state index contributed by atoms with van der Waals surface area (Å²) in [6.45, 7) is 0.881. The van der Waals surface area contributed by atoms with Gasteiger partial charge in [0.05, 0.1) is 12.9 Å². The Kier molecular flexibility index (Phi) is 4.23. The van der Waals surface area contributed by atoms with Crippen LogP contribution in [0, 0.1) is 0 Å². The van der Waals surface area contributed by atoms with Crippen molar-refractivity contribution < 1.29 is 13.2 Å². The number of halogens is 1. The van der Waals surface area contributed by atoms with Gasteiger partial charge in [-0.05, 0) is 18.2 Å². The zero-order chi connectivity index (χ0) is 13.9. The van der Waals surface area contributed by atoms with E-state index in [0.717, 1.165) is 10.2 Å². The largest absolute Gasteiger partial charge is 0.492 e. The van der Waals surface area contributed by atoms with Crippen molar-refractivity contribution in [1.82, 2.24) is 9.55 Å². The summed E-state index contributed by atoms with van der Waals surface area (Å²) in [5.41, 5.74) is 0. The molecule has 6 nitrogen and oxygen atoms in total. The Morgan fingerprint density at radius 1 is 1.42 bits per heavy atom. The fourth-order valence-corrected chi connectivity index (χ4v) is 2.29. The summed E-state index contributed by atoms with van der Waals surface area (Å²) in [4.78, 5) is 3.71. The molecule has 0 bridgehead atoms. The SMILES string of the molecule is NS(=O)(=O)c1cn(CCOc2cccc(Br)c2)cn1. The van der Waals surface area contributed by atoms with Crippen molar-refractivity contribution in [3.05, 3.63) is 41.3 Å². The highest BCUT2D eigenvalue weighted by molar-refractivity contribution is 9.10. The molecule has 1 aromatic heterocycles. The predicted octanol–water partition coefficient (Wildman–Crippen LogP) is 1.37. The third-order valence-corrected chi connectivity index (χ3v) is 3.60. The molecule has 0 spiro atoms. The van der Waals surface area contributed by atoms with E-state index >= 15 is 0 Å². The molecule has 102 valence electrons. The highest BCUT2D eigenvalue weighted by Gasteiger charge is 2.10. The molecule has 0 saturated heterocycles. The Hall–Kier alpha value is -1.38. The number of primary sulfonamides is 1. The van der Waals surface area contributed by atoms with E-state index in [9.17, 15) is 8.42 Å². The van der Waals surface area contributed by atoms with Crippen LogP contribution in [-0.4, -0.2) is 24.6 Å². The van der Waals surface area contributed by atoms with Crippen LogP contribution in [0.4, 0.5) is 0 Å². The van der Waals surface area contributed by atoms with Gasteiger partial charge in [-0.25, -0.2) is 18.5 Å². The van der Waals surface area contributed by atoms with Gasteiger partial charge >= 0.3 is 0 Å². The third kappa shape index (κ3) is 4.05. The van der Waals surface area contributed by atoms with E-state index in [4.69, 9.17) is 9.88 Å². The van der Waals surface area contributed by atoms with Crippen LogP contribution in [0.25, 0.3) is 0 Å². The van der Waals surface area contributed by atoms with E-state index in [2.05, 4.69) is 20.9 Å². The molecule has 0 aliphatic rings. The first-order chi connectivity index (χ1) is 8.95. The van der Waals surface area contributed by atoms with Gasteiger partial charge in [0.1, 0.15) is 12.4 Å². The average molecular weight is 346 g/mol. The smallest absolute Gasteiger partial charge is 0.257 e. The fraction of sp³-hybridized carbons (Fsp3) is 0.182. The number of imidazole rings is 1. The first-order valence-corrected chi connectivity index (χ1v) is 7.72. The molecule has 1 heterocycles. The number of nitrogens with zero attached hydrogens (tertiary/aromatic N) is 2. The summed E-state index contributed by atoms with van der Waals surface area (Å²) in [5, 5.41) is 4.82. The minimum atomic E-state index is -3.74. The second-order valence-electron chi connectivity index (χ2n) is 3.80. The summed E-state index contributed by atoms with van der Waals surface area (Å²) >= 11 is 3.35. The van der Waals surface area contributed by atoms with Gasteiger partial charge in [0.25, 0.3) is 10.0 Å². The molecule has 2 N–H and O–H groups in total. The maximum absolute atomic E-state index is 11.0. The van der Waals surface area contributed by atoms with Gasteiger partial charge < -0.3 is 9.30 Å². The average Bonchev–Trinajstić information content (AvgIpc) is 2.77. The molecule has 8 heteroatoms. The molecular formula is C11H12BrN3O3S. The van der Waals surface area contributed by atoms with Gasteiger partial charge in [-0.2, -0.15) is 0 Å². The molecule has 0 fully saturated rings. The molecule has 0 aliphatic carbocycles. The minimum absolute atomic E-state index is 0.144. The first kappa shape index (κ1) is 14.0. The maximum atomic E-state index is 11.0. The van der Waals surface area contributed by atoms with Crippen molar-refractivity contribution in [2.75, 3.05) is 6.61 Å². The highest BCUT2D eigenvalue weighted by atomic mass is 79.9.